The average Bonchev–Trinajstić information content (AvgIpc) is 3.08. The van der Waals surface area contributed by atoms with Crippen molar-refractivity contribution < 1.29 is 23.5 Å². The Kier molecular flexibility index (Phi) is 4.88. The van der Waals surface area contributed by atoms with Gasteiger partial charge in [0, 0.05) is 23.6 Å². The van der Waals surface area contributed by atoms with Gasteiger partial charge < -0.3 is 19.8 Å². The van der Waals surface area contributed by atoms with Crippen LogP contribution in [-0.2, 0) is 11.3 Å². The van der Waals surface area contributed by atoms with E-state index in [-0.39, 0.29) is 12.1 Å². The van der Waals surface area contributed by atoms with E-state index < -0.39 is 17.5 Å². The zero-order chi connectivity index (χ0) is 18.7. The molecule has 0 bridgehead atoms. The quantitative estimate of drug-likeness (QED) is 0.526. The summed E-state index contributed by atoms with van der Waals surface area (Å²) in [5.41, 5.74) is 1.46. The second kappa shape index (κ2) is 7.26. The molecule has 3 rings (SSSR count). The number of benzene rings is 2. The smallest absolute Gasteiger partial charge is 0.292 e. The highest BCUT2D eigenvalue weighted by atomic mass is 19.1. The Labute approximate surface area is 148 Å². The Balaban J connectivity index is 1.73. The largest absolute Gasteiger partial charge is 0.493 e. The molecule has 0 aliphatic carbocycles. The molecule has 6 nitrogen and oxygen atoms in total. The van der Waals surface area contributed by atoms with Crippen LogP contribution in [0.2, 0.25) is 0 Å². The number of nitrogens with one attached hydrogen (secondary N) is 2. The molecule has 1 amide bonds. The number of hydrogen-bond donors (Lipinski definition) is 2. The SMILES string of the molecule is COc1ccc(CNC(=O)C(=O)c2c[nH]c3ccc(F)cc23)cc1OC. The van der Waals surface area contributed by atoms with E-state index in [0.29, 0.717) is 22.4 Å². The monoisotopic (exact) mass is 356 g/mol. The van der Waals surface area contributed by atoms with Crippen LogP contribution in [0.25, 0.3) is 10.9 Å². The van der Waals surface area contributed by atoms with E-state index in [9.17, 15) is 14.0 Å². The maximum Gasteiger partial charge on any atom is 0.292 e. The number of Topliss-reactive ketones (excluding diaryl/α,β-unsaturated/α-hetero) is 1. The molecule has 134 valence electrons. The van der Waals surface area contributed by atoms with Gasteiger partial charge in [-0.05, 0) is 35.9 Å². The van der Waals surface area contributed by atoms with Gasteiger partial charge in [-0.1, -0.05) is 6.07 Å². The van der Waals surface area contributed by atoms with Crippen LogP contribution in [-0.4, -0.2) is 30.9 Å². The summed E-state index contributed by atoms with van der Waals surface area (Å²) in [4.78, 5) is 27.4. The van der Waals surface area contributed by atoms with E-state index in [0.717, 1.165) is 5.56 Å². The van der Waals surface area contributed by atoms with Crippen molar-refractivity contribution >= 4 is 22.6 Å². The van der Waals surface area contributed by atoms with Gasteiger partial charge in [0.1, 0.15) is 5.82 Å². The predicted molar refractivity (Wildman–Crippen MR) is 94.0 cm³/mol. The molecule has 3 aromatic rings. The number of ketones is 1. The number of amides is 1. The number of carbonyl (C=O) groups excluding carboxylic acids is 2. The minimum absolute atomic E-state index is 0.129. The average molecular weight is 356 g/mol. The van der Waals surface area contributed by atoms with Crippen LogP contribution in [0, 0.1) is 5.82 Å². The highest BCUT2D eigenvalue weighted by molar-refractivity contribution is 6.44. The van der Waals surface area contributed by atoms with Crippen molar-refractivity contribution in [2.24, 2.45) is 0 Å². The number of aromatic nitrogens is 1. The Morgan fingerprint density at radius 3 is 2.58 bits per heavy atom. The lowest BCUT2D eigenvalue weighted by atomic mass is 10.1. The minimum Gasteiger partial charge on any atom is -0.493 e. The maximum atomic E-state index is 13.4. The molecule has 0 saturated heterocycles. The normalized spacial score (nSPS) is 10.6. The molecule has 7 heteroatoms. The number of aromatic amines is 1. The molecule has 0 spiro atoms. The predicted octanol–water partition coefficient (Wildman–Crippen LogP) is 2.82. The van der Waals surface area contributed by atoms with Crippen molar-refractivity contribution in [3.63, 3.8) is 0 Å². The molecule has 2 N–H and O–H groups in total. The molecule has 0 atom stereocenters. The summed E-state index contributed by atoms with van der Waals surface area (Å²) in [7, 11) is 3.04. The number of ether oxygens (including phenoxy) is 2. The first-order valence-electron chi connectivity index (χ1n) is 7.83. The minimum atomic E-state index is -0.773. The maximum absolute atomic E-state index is 13.4. The first kappa shape index (κ1) is 17.5. The van der Waals surface area contributed by atoms with Crippen LogP contribution >= 0.6 is 0 Å². The highest BCUT2D eigenvalue weighted by Crippen LogP contribution is 2.27. The van der Waals surface area contributed by atoms with E-state index >= 15 is 0 Å². The lowest BCUT2D eigenvalue weighted by Gasteiger charge is -2.10. The molecule has 0 aliphatic heterocycles. The van der Waals surface area contributed by atoms with Crippen LogP contribution in [0.1, 0.15) is 15.9 Å². The van der Waals surface area contributed by atoms with Gasteiger partial charge in [-0.25, -0.2) is 4.39 Å². The number of methoxy groups -OCH3 is 2. The van der Waals surface area contributed by atoms with E-state index in [4.69, 9.17) is 9.47 Å². The van der Waals surface area contributed by atoms with Gasteiger partial charge in [0.25, 0.3) is 11.7 Å². The zero-order valence-electron chi connectivity index (χ0n) is 14.3. The molecule has 0 radical (unpaired) electrons. The van der Waals surface area contributed by atoms with Crippen molar-refractivity contribution in [2.45, 2.75) is 6.54 Å². The Morgan fingerprint density at radius 2 is 1.85 bits per heavy atom. The van der Waals surface area contributed by atoms with Crippen LogP contribution in [0.5, 0.6) is 11.5 Å². The molecule has 1 heterocycles. The fourth-order valence-electron chi connectivity index (χ4n) is 2.66. The van der Waals surface area contributed by atoms with Gasteiger partial charge >= 0.3 is 0 Å². The van der Waals surface area contributed by atoms with Crippen molar-refractivity contribution in [3.05, 3.63) is 59.5 Å². The van der Waals surface area contributed by atoms with Crippen molar-refractivity contribution in [2.75, 3.05) is 14.2 Å². The number of rotatable bonds is 6. The number of fused-ring (bicyclic) bond motifs is 1. The van der Waals surface area contributed by atoms with E-state index in [1.165, 1.54) is 38.6 Å². The third-order valence-corrected chi connectivity index (χ3v) is 4.00. The third-order valence-electron chi connectivity index (χ3n) is 4.00. The number of H-pyrrole nitrogens is 1. The standard InChI is InChI=1S/C19H17FN2O4/c1-25-16-6-3-11(7-17(16)26-2)9-22-19(24)18(23)14-10-21-15-5-4-12(20)8-13(14)15/h3-8,10,21H,9H2,1-2H3,(H,22,24). The summed E-state index contributed by atoms with van der Waals surface area (Å²) >= 11 is 0. The molecule has 0 unspecified atom stereocenters. The Morgan fingerprint density at radius 1 is 1.08 bits per heavy atom. The molecule has 0 aliphatic rings. The van der Waals surface area contributed by atoms with Gasteiger partial charge in [-0.15, -0.1) is 0 Å². The Hall–Kier alpha value is -3.35. The van der Waals surface area contributed by atoms with Gasteiger partial charge in [0.05, 0.1) is 19.8 Å². The molecule has 2 aromatic carbocycles. The summed E-state index contributed by atoms with van der Waals surface area (Å²) in [5.74, 6) is -0.888. The Bertz CT molecular complexity index is 981. The topological polar surface area (TPSA) is 80.4 Å². The second-order valence-corrected chi connectivity index (χ2v) is 5.59. The van der Waals surface area contributed by atoms with Gasteiger partial charge in [0.2, 0.25) is 0 Å². The first-order chi connectivity index (χ1) is 12.5. The molecular weight excluding hydrogens is 339 g/mol. The lowest BCUT2D eigenvalue weighted by molar-refractivity contribution is -0.117. The lowest BCUT2D eigenvalue weighted by Crippen LogP contribution is -2.30. The van der Waals surface area contributed by atoms with Gasteiger partial charge in [0.15, 0.2) is 11.5 Å². The van der Waals surface area contributed by atoms with Crippen LogP contribution in [0.3, 0.4) is 0 Å². The van der Waals surface area contributed by atoms with Gasteiger partial charge in [-0.2, -0.15) is 0 Å². The molecule has 26 heavy (non-hydrogen) atoms. The second-order valence-electron chi connectivity index (χ2n) is 5.59. The summed E-state index contributed by atoms with van der Waals surface area (Å²) in [6.07, 6.45) is 1.41. The highest BCUT2D eigenvalue weighted by Gasteiger charge is 2.20. The number of hydrogen-bond acceptors (Lipinski definition) is 4. The molecule has 0 saturated carbocycles. The van der Waals surface area contributed by atoms with Crippen LogP contribution in [0.15, 0.2) is 42.6 Å². The van der Waals surface area contributed by atoms with Crippen molar-refractivity contribution in [3.8, 4) is 11.5 Å². The summed E-state index contributed by atoms with van der Waals surface area (Å²) in [5, 5.41) is 2.93. The van der Waals surface area contributed by atoms with Crippen LogP contribution < -0.4 is 14.8 Å². The van der Waals surface area contributed by atoms with Gasteiger partial charge in [-0.3, -0.25) is 9.59 Å². The summed E-state index contributed by atoms with van der Waals surface area (Å²) < 4.78 is 23.8. The molecule has 1 aromatic heterocycles. The van der Waals surface area contributed by atoms with E-state index in [1.807, 2.05) is 0 Å². The van der Waals surface area contributed by atoms with Crippen molar-refractivity contribution in [1.29, 1.82) is 0 Å². The molecule has 0 fully saturated rings. The van der Waals surface area contributed by atoms with Crippen LogP contribution in [0.4, 0.5) is 4.39 Å². The summed E-state index contributed by atoms with van der Waals surface area (Å²) in [6, 6.07) is 9.20. The fraction of sp³-hybridized carbons (Fsp3) is 0.158. The van der Waals surface area contributed by atoms with E-state index in [2.05, 4.69) is 10.3 Å². The number of carbonyl (C=O) groups is 2. The molecular formula is C19H17FN2O4. The van der Waals surface area contributed by atoms with E-state index in [1.54, 1.807) is 18.2 Å². The zero-order valence-corrected chi connectivity index (χ0v) is 14.3. The number of halogens is 1. The third kappa shape index (κ3) is 3.37. The summed E-state index contributed by atoms with van der Waals surface area (Å²) in [6.45, 7) is 0.141. The first-order valence-corrected chi connectivity index (χ1v) is 7.83. The van der Waals surface area contributed by atoms with Crippen molar-refractivity contribution in [1.82, 2.24) is 10.3 Å². The fourth-order valence-corrected chi connectivity index (χ4v) is 2.66.